The molecule has 0 bridgehead atoms. The highest BCUT2D eigenvalue weighted by Gasteiger charge is 2.15. The van der Waals surface area contributed by atoms with Gasteiger partial charge in [0.15, 0.2) is 12.4 Å². The number of carbonyl (C=O) groups is 1. The number of benzene rings is 1. The summed E-state index contributed by atoms with van der Waals surface area (Å²) in [5.41, 5.74) is 2.00. The molecule has 12 heavy (non-hydrogen) atoms. The molecule has 1 aliphatic rings. The Morgan fingerprint density at radius 3 is 3.00 bits per heavy atom. The Morgan fingerprint density at radius 1 is 1.33 bits per heavy atom. The van der Waals surface area contributed by atoms with Gasteiger partial charge < -0.3 is 4.74 Å². The van der Waals surface area contributed by atoms with E-state index >= 15 is 0 Å². The fourth-order valence-electron chi connectivity index (χ4n) is 1.30. The molecule has 0 radical (unpaired) electrons. The molecule has 1 heterocycles. The molecule has 1 aromatic carbocycles. The molecule has 0 amide bonds. The van der Waals surface area contributed by atoms with Crippen molar-refractivity contribution in [3.05, 3.63) is 41.7 Å². The largest absolute Gasteiger partial charge is 0.486 e. The number of hydrogen-bond acceptors (Lipinski definition) is 2. The van der Waals surface area contributed by atoms with Gasteiger partial charge in [-0.15, -0.1) is 0 Å². The Bertz CT molecular complexity index is 328. The molecule has 0 fully saturated rings. The molecule has 2 heteroatoms. The van der Waals surface area contributed by atoms with E-state index in [1.54, 1.807) is 6.26 Å². The second-order valence-corrected chi connectivity index (χ2v) is 2.62. The van der Waals surface area contributed by atoms with Crippen molar-refractivity contribution in [3.8, 4) is 0 Å². The summed E-state index contributed by atoms with van der Waals surface area (Å²) in [6.07, 6.45) is 3.80. The Balaban J connectivity index is 2.52. The van der Waals surface area contributed by atoms with Crippen LogP contribution in [0, 0.1) is 0 Å². The molecule has 0 saturated heterocycles. The summed E-state index contributed by atoms with van der Waals surface area (Å²) in [6.45, 7) is 0. The maximum atomic E-state index is 10.6. The molecule has 1 atom stereocenters. The minimum absolute atomic E-state index is 0.425. The number of aldehydes is 1. The van der Waals surface area contributed by atoms with Gasteiger partial charge >= 0.3 is 0 Å². The van der Waals surface area contributed by atoms with E-state index in [1.165, 1.54) is 0 Å². The number of hydrogen-bond donors (Lipinski definition) is 0. The van der Waals surface area contributed by atoms with E-state index in [0.717, 1.165) is 17.4 Å². The number of ether oxygens (including phenoxy) is 1. The van der Waals surface area contributed by atoms with Gasteiger partial charge in [0.1, 0.15) is 0 Å². The highest BCUT2D eigenvalue weighted by atomic mass is 16.5. The Labute approximate surface area is 70.5 Å². The van der Waals surface area contributed by atoms with Crippen molar-refractivity contribution in [1.29, 1.82) is 0 Å². The fraction of sp³-hybridized carbons (Fsp3) is 0.100. The van der Waals surface area contributed by atoms with Crippen LogP contribution in [-0.2, 0) is 9.53 Å². The minimum Gasteiger partial charge on any atom is -0.486 e. The molecule has 2 rings (SSSR count). The maximum Gasteiger partial charge on any atom is 0.178 e. The molecule has 0 aromatic heterocycles. The van der Waals surface area contributed by atoms with Crippen LogP contribution in [0.2, 0.25) is 0 Å². The summed E-state index contributed by atoms with van der Waals surface area (Å²) in [5, 5.41) is 0. The van der Waals surface area contributed by atoms with Gasteiger partial charge in [0.2, 0.25) is 0 Å². The fourth-order valence-corrected chi connectivity index (χ4v) is 1.30. The lowest BCUT2D eigenvalue weighted by Crippen LogP contribution is -2.06. The third-order valence-corrected chi connectivity index (χ3v) is 1.90. The lowest BCUT2D eigenvalue weighted by atomic mass is 10.0. The predicted octanol–water partition coefficient (Wildman–Crippen LogP) is 1.93. The molecule has 0 N–H and O–H groups in total. The Hall–Kier alpha value is -1.57. The molecule has 0 saturated carbocycles. The highest BCUT2D eigenvalue weighted by Crippen LogP contribution is 2.25. The average molecular weight is 160 g/mol. The molecule has 1 aromatic rings. The lowest BCUT2D eigenvalue weighted by molar-refractivity contribution is -0.115. The van der Waals surface area contributed by atoms with Gasteiger partial charge in [-0.25, -0.2) is 0 Å². The van der Waals surface area contributed by atoms with Gasteiger partial charge in [0, 0.05) is 5.56 Å². The number of fused-ring (bicyclic) bond motifs is 1. The quantitative estimate of drug-likeness (QED) is 0.587. The van der Waals surface area contributed by atoms with Crippen LogP contribution in [0.15, 0.2) is 30.5 Å². The molecular formula is C10H8O2. The van der Waals surface area contributed by atoms with Gasteiger partial charge in [-0.05, 0) is 11.6 Å². The third kappa shape index (κ3) is 1.01. The standard InChI is InChI=1S/C10H8O2/c11-7-10-9-4-2-1-3-8(9)5-6-12-10/h1-7,10H. The van der Waals surface area contributed by atoms with Gasteiger partial charge in [0.25, 0.3) is 0 Å². The molecule has 0 spiro atoms. The first kappa shape index (κ1) is 7.10. The van der Waals surface area contributed by atoms with Crippen LogP contribution in [-0.4, -0.2) is 6.29 Å². The monoisotopic (exact) mass is 160 g/mol. The summed E-state index contributed by atoms with van der Waals surface area (Å²) in [5.74, 6) is 0. The Kier molecular flexibility index (Phi) is 1.67. The van der Waals surface area contributed by atoms with E-state index in [0.29, 0.717) is 0 Å². The van der Waals surface area contributed by atoms with Crippen LogP contribution in [0.5, 0.6) is 0 Å². The summed E-state index contributed by atoms with van der Waals surface area (Å²) < 4.78 is 5.10. The Morgan fingerprint density at radius 2 is 2.17 bits per heavy atom. The van der Waals surface area contributed by atoms with Gasteiger partial charge in [-0.1, -0.05) is 24.3 Å². The summed E-state index contributed by atoms with van der Waals surface area (Å²) >= 11 is 0. The zero-order valence-electron chi connectivity index (χ0n) is 6.44. The smallest absolute Gasteiger partial charge is 0.178 e. The summed E-state index contributed by atoms with van der Waals surface area (Å²) in [7, 11) is 0. The summed E-state index contributed by atoms with van der Waals surface area (Å²) in [4.78, 5) is 10.6. The van der Waals surface area contributed by atoms with E-state index in [4.69, 9.17) is 4.74 Å². The van der Waals surface area contributed by atoms with Crippen molar-refractivity contribution in [2.75, 3.05) is 0 Å². The van der Waals surface area contributed by atoms with Gasteiger partial charge in [-0.3, -0.25) is 4.79 Å². The van der Waals surface area contributed by atoms with Crippen molar-refractivity contribution in [2.45, 2.75) is 6.10 Å². The van der Waals surface area contributed by atoms with Crippen molar-refractivity contribution in [2.24, 2.45) is 0 Å². The molecule has 0 aliphatic carbocycles. The molecule has 60 valence electrons. The van der Waals surface area contributed by atoms with Crippen LogP contribution >= 0.6 is 0 Å². The van der Waals surface area contributed by atoms with Crippen LogP contribution < -0.4 is 0 Å². The van der Waals surface area contributed by atoms with Crippen molar-refractivity contribution in [3.63, 3.8) is 0 Å². The van der Waals surface area contributed by atoms with Crippen LogP contribution in [0.25, 0.3) is 6.08 Å². The van der Waals surface area contributed by atoms with Gasteiger partial charge in [-0.2, -0.15) is 0 Å². The first-order valence-corrected chi connectivity index (χ1v) is 3.78. The molecule has 1 unspecified atom stereocenters. The van der Waals surface area contributed by atoms with E-state index in [1.807, 2.05) is 30.3 Å². The van der Waals surface area contributed by atoms with Crippen molar-refractivity contribution in [1.82, 2.24) is 0 Å². The normalized spacial score (nSPS) is 19.5. The van der Waals surface area contributed by atoms with Crippen LogP contribution in [0.3, 0.4) is 0 Å². The van der Waals surface area contributed by atoms with E-state index in [-0.39, 0.29) is 0 Å². The topological polar surface area (TPSA) is 26.3 Å². The number of carbonyl (C=O) groups excluding carboxylic acids is 1. The maximum absolute atomic E-state index is 10.6. The predicted molar refractivity (Wildman–Crippen MR) is 45.4 cm³/mol. The zero-order chi connectivity index (χ0) is 8.39. The zero-order valence-corrected chi connectivity index (χ0v) is 6.44. The second kappa shape index (κ2) is 2.81. The molecule has 1 aliphatic heterocycles. The first-order valence-electron chi connectivity index (χ1n) is 3.78. The van der Waals surface area contributed by atoms with E-state index in [9.17, 15) is 4.79 Å². The van der Waals surface area contributed by atoms with Crippen LogP contribution in [0.1, 0.15) is 17.2 Å². The number of rotatable bonds is 1. The van der Waals surface area contributed by atoms with E-state index < -0.39 is 6.10 Å². The summed E-state index contributed by atoms with van der Waals surface area (Å²) in [6, 6.07) is 7.71. The molecule has 2 nitrogen and oxygen atoms in total. The van der Waals surface area contributed by atoms with Gasteiger partial charge in [0.05, 0.1) is 6.26 Å². The van der Waals surface area contributed by atoms with E-state index in [2.05, 4.69) is 0 Å². The van der Waals surface area contributed by atoms with Crippen LogP contribution in [0.4, 0.5) is 0 Å². The highest BCUT2D eigenvalue weighted by molar-refractivity contribution is 5.67. The second-order valence-electron chi connectivity index (χ2n) is 2.62. The molecular weight excluding hydrogens is 152 g/mol. The lowest BCUT2D eigenvalue weighted by Gasteiger charge is -2.17. The third-order valence-electron chi connectivity index (χ3n) is 1.90. The van der Waals surface area contributed by atoms with Crippen molar-refractivity contribution >= 4 is 12.4 Å². The SMILES string of the molecule is O=CC1OC=Cc2ccccc21. The minimum atomic E-state index is -0.425. The first-order chi connectivity index (χ1) is 5.92. The van der Waals surface area contributed by atoms with Crippen molar-refractivity contribution < 1.29 is 9.53 Å². The average Bonchev–Trinajstić information content (AvgIpc) is 2.17.